The number of hydrogen-bond donors (Lipinski definition) is 0. The summed E-state index contributed by atoms with van der Waals surface area (Å²) in [4.78, 5) is 18.2. The molecule has 1 aromatic heterocycles. The zero-order valence-corrected chi connectivity index (χ0v) is 12.2. The van der Waals surface area contributed by atoms with Gasteiger partial charge in [0.1, 0.15) is 5.82 Å². The van der Waals surface area contributed by atoms with Gasteiger partial charge in [0.05, 0.1) is 18.3 Å². The molecule has 1 fully saturated rings. The second-order valence-corrected chi connectivity index (χ2v) is 4.79. The van der Waals surface area contributed by atoms with E-state index in [0.29, 0.717) is 12.2 Å². The van der Waals surface area contributed by atoms with E-state index >= 15 is 0 Å². The summed E-state index contributed by atoms with van der Waals surface area (Å²) in [6, 6.07) is 3.64. The first kappa shape index (κ1) is 14.8. The Morgan fingerprint density at radius 3 is 2.90 bits per heavy atom. The number of esters is 1. The summed E-state index contributed by atoms with van der Waals surface area (Å²) < 4.78 is 10.6. The van der Waals surface area contributed by atoms with Crippen molar-refractivity contribution in [3.05, 3.63) is 23.9 Å². The molecule has 1 unspecified atom stereocenters. The Hall–Kier alpha value is -1.62. The molecule has 5 heteroatoms. The second-order valence-electron chi connectivity index (χ2n) is 4.79. The smallest absolute Gasteiger partial charge is 0.339 e. The fourth-order valence-corrected chi connectivity index (χ4v) is 2.43. The number of ether oxygens (including phenoxy) is 2. The van der Waals surface area contributed by atoms with Crippen LogP contribution in [0.5, 0.6) is 0 Å². The first-order valence-corrected chi connectivity index (χ1v) is 7.24. The SMILES string of the molecule is CCOC(=O)c1ccc(N2CCCC(OCC)C2)nc1. The Morgan fingerprint density at radius 2 is 2.25 bits per heavy atom. The minimum atomic E-state index is -0.322. The molecule has 2 heterocycles. The quantitative estimate of drug-likeness (QED) is 0.773. The van der Waals surface area contributed by atoms with Crippen molar-refractivity contribution in [1.82, 2.24) is 4.98 Å². The number of nitrogens with zero attached hydrogens (tertiary/aromatic N) is 2. The Labute approximate surface area is 119 Å². The minimum Gasteiger partial charge on any atom is -0.462 e. The van der Waals surface area contributed by atoms with Crippen LogP contribution in [-0.2, 0) is 9.47 Å². The first-order chi connectivity index (χ1) is 9.74. The highest BCUT2D eigenvalue weighted by Crippen LogP contribution is 2.19. The summed E-state index contributed by atoms with van der Waals surface area (Å²) in [7, 11) is 0. The van der Waals surface area contributed by atoms with Crippen molar-refractivity contribution in [2.24, 2.45) is 0 Å². The molecule has 0 radical (unpaired) electrons. The highest BCUT2D eigenvalue weighted by atomic mass is 16.5. The van der Waals surface area contributed by atoms with Gasteiger partial charge in [-0.05, 0) is 38.8 Å². The predicted molar refractivity (Wildman–Crippen MR) is 77.1 cm³/mol. The maximum atomic E-state index is 11.6. The van der Waals surface area contributed by atoms with Crippen molar-refractivity contribution in [1.29, 1.82) is 0 Å². The van der Waals surface area contributed by atoms with Gasteiger partial charge in [-0.2, -0.15) is 0 Å². The fourth-order valence-electron chi connectivity index (χ4n) is 2.43. The molecule has 0 amide bonds. The van der Waals surface area contributed by atoms with E-state index in [1.165, 1.54) is 0 Å². The third-order valence-electron chi connectivity index (χ3n) is 3.36. The van der Waals surface area contributed by atoms with Crippen LogP contribution in [0.3, 0.4) is 0 Å². The third kappa shape index (κ3) is 3.70. The molecule has 0 saturated carbocycles. The van der Waals surface area contributed by atoms with Crippen molar-refractivity contribution in [3.63, 3.8) is 0 Å². The molecule has 1 aliphatic rings. The Balaban J connectivity index is 2.00. The number of pyridine rings is 1. The van der Waals surface area contributed by atoms with E-state index in [4.69, 9.17) is 9.47 Å². The highest BCUT2D eigenvalue weighted by Gasteiger charge is 2.21. The van der Waals surface area contributed by atoms with Gasteiger partial charge in [0, 0.05) is 25.9 Å². The Kier molecular flexibility index (Phi) is 5.35. The van der Waals surface area contributed by atoms with Crippen molar-refractivity contribution in [2.45, 2.75) is 32.8 Å². The summed E-state index contributed by atoms with van der Waals surface area (Å²) in [5, 5.41) is 0. The summed E-state index contributed by atoms with van der Waals surface area (Å²) >= 11 is 0. The summed E-state index contributed by atoms with van der Waals surface area (Å²) in [6.45, 7) is 6.78. The van der Waals surface area contributed by atoms with Crippen LogP contribution in [0.25, 0.3) is 0 Å². The molecular formula is C15H22N2O3. The normalized spacial score (nSPS) is 18.9. The summed E-state index contributed by atoms with van der Waals surface area (Å²) in [5.74, 6) is 0.569. The van der Waals surface area contributed by atoms with Crippen LogP contribution in [0.2, 0.25) is 0 Å². The molecule has 1 saturated heterocycles. The monoisotopic (exact) mass is 278 g/mol. The molecule has 1 aromatic rings. The molecule has 1 aliphatic heterocycles. The van der Waals surface area contributed by atoms with Gasteiger partial charge < -0.3 is 14.4 Å². The minimum absolute atomic E-state index is 0.278. The van der Waals surface area contributed by atoms with E-state index in [0.717, 1.165) is 38.4 Å². The largest absolute Gasteiger partial charge is 0.462 e. The molecule has 2 rings (SSSR count). The lowest BCUT2D eigenvalue weighted by Gasteiger charge is -2.33. The molecule has 110 valence electrons. The molecule has 5 nitrogen and oxygen atoms in total. The van der Waals surface area contributed by atoms with E-state index in [2.05, 4.69) is 9.88 Å². The van der Waals surface area contributed by atoms with Gasteiger partial charge in [-0.3, -0.25) is 0 Å². The number of rotatable bonds is 5. The molecule has 0 aliphatic carbocycles. The van der Waals surface area contributed by atoms with Gasteiger partial charge >= 0.3 is 5.97 Å². The van der Waals surface area contributed by atoms with E-state index in [1.54, 1.807) is 19.2 Å². The van der Waals surface area contributed by atoms with E-state index in [1.807, 2.05) is 13.0 Å². The number of carbonyl (C=O) groups excluding carboxylic acids is 1. The maximum Gasteiger partial charge on any atom is 0.339 e. The van der Waals surface area contributed by atoms with Crippen LogP contribution in [0.15, 0.2) is 18.3 Å². The predicted octanol–water partition coefficient (Wildman–Crippen LogP) is 2.26. The lowest BCUT2D eigenvalue weighted by molar-refractivity contribution is 0.0518. The topological polar surface area (TPSA) is 51.7 Å². The van der Waals surface area contributed by atoms with Gasteiger partial charge in [-0.15, -0.1) is 0 Å². The number of anilines is 1. The second kappa shape index (κ2) is 7.24. The van der Waals surface area contributed by atoms with Crippen LogP contribution >= 0.6 is 0 Å². The molecule has 0 bridgehead atoms. The van der Waals surface area contributed by atoms with Crippen LogP contribution in [0, 0.1) is 0 Å². The van der Waals surface area contributed by atoms with Gasteiger partial charge in [-0.25, -0.2) is 9.78 Å². The lowest BCUT2D eigenvalue weighted by atomic mass is 10.1. The van der Waals surface area contributed by atoms with Crippen LogP contribution in [0.1, 0.15) is 37.0 Å². The van der Waals surface area contributed by atoms with Crippen molar-refractivity contribution >= 4 is 11.8 Å². The van der Waals surface area contributed by atoms with Crippen LogP contribution in [0.4, 0.5) is 5.82 Å². The molecular weight excluding hydrogens is 256 g/mol. The zero-order valence-electron chi connectivity index (χ0n) is 12.2. The van der Waals surface area contributed by atoms with Crippen molar-refractivity contribution in [3.8, 4) is 0 Å². The summed E-state index contributed by atoms with van der Waals surface area (Å²) in [5.41, 5.74) is 0.494. The fraction of sp³-hybridized carbons (Fsp3) is 0.600. The molecule has 20 heavy (non-hydrogen) atoms. The number of hydrogen-bond acceptors (Lipinski definition) is 5. The van der Waals surface area contributed by atoms with Crippen LogP contribution < -0.4 is 4.90 Å². The zero-order chi connectivity index (χ0) is 14.4. The van der Waals surface area contributed by atoms with E-state index < -0.39 is 0 Å². The lowest BCUT2D eigenvalue weighted by Crippen LogP contribution is -2.40. The maximum absolute atomic E-state index is 11.6. The van der Waals surface area contributed by atoms with Gasteiger partial charge in [0.2, 0.25) is 0 Å². The molecule has 1 atom stereocenters. The Morgan fingerprint density at radius 1 is 1.40 bits per heavy atom. The molecule has 0 spiro atoms. The van der Waals surface area contributed by atoms with E-state index in [-0.39, 0.29) is 12.1 Å². The van der Waals surface area contributed by atoms with Crippen molar-refractivity contribution < 1.29 is 14.3 Å². The summed E-state index contributed by atoms with van der Waals surface area (Å²) in [6.07, 6.45) is 4.06. The van der Waals surface area contributed by atoms with Gasteiger partial charge in [0.25, 0.3) is 0 Å². The molecule has 0 N–H and O–H groups in total. The average molecular weight is 278 g/mol. The van der Waals surface area contributed by atoms with Gasteiger partial charge in [0.15, 0.2) is 0 Å². The number of piperidine rings is 1. The number of carbonyl (C=O) groups is 1. The molecule has 0 aromatic carbocycles. The van der Waals surface area contributed by atoms with Crippen LogP contribution in [-0.4, -0.2) is 43.4 Å². The Bertz CT molecular complexity index is 431. The highest BCUT2D eigenvalue weighted by molar-refractivity contribution is 5.89. The average Bonchev–Trinajstić information content (AvgIpc) is 2.48. The standard InChI is InChI=1S/C15H22N2O3/c1-3-19-13-6-5-9-17(11-13)14-8-7-12(10-16-14)15(18)20-4-2/h7-8,10,13H,3-6,9,11H2,1-2H3. The van der Waals surface area contributed by atoms with Crippen molar-refractivity contribution in [2.75, 3.05) is 31.2 Å². The van der Waals surface area contributed by atoms with E-state index in [9.17, 15) is 4.79 Å². The number of aromatic nitrogens is 1. The van der Waals surface area contributed by atoms with Gasteiger partial charge in [-0.1, -0.05) is 0 Å². The third-order valence-corrected chi connectivity index (χ3v) is 3.36. The first-order valence-electron chi connectivity index (χ1n) is 7.24.